The molecular formula is C17H32O2. The third kappa shape index (κ3) is 4.75. The number of ether oxygens (including phenoxy) is 1. The van der Waals surface area contributed by atoms with Gasteiger partial charge in [0.2, 0.25) is 0 Å². The van der Waals surface area contributed by atoms with E-state index in [2.05, 4.69) is 6.92 Å². The summed E-state index contributed by atoms with van der Waals surface area (Å²) in [6, 6.07) is 0. The van der Waals surface area contributed by atoms with Crippen molar-refractivity contribution in [1.82, 2.24) is 0 Å². The molecule has 0 amide bonds. The number of fused-ring (bicyclic) bond motifs is 2. The van der Waals surface area contributed by atoms with Crippen LogP contribution in [-0.4, -0.2) is 23.9 Å². The van der Waals surface area contributed by atoms with Gasteiger partial charge in [-0.15, -0.1) is 0 Å². The average Bonchev–Trinajstić information content (AvgIpc) is 2.95. The fourth-order valence-electron chi connectivity index (χ4n) is 3.87. The van der Waals surface area contributed by atoms with Crippen LogP contribution in [0.15, 0.2) is 0 Å². The van der Waals surface area contributed by atoms with Gasteiger partial charge >= 0.3 is 0 Å². The summed E-state index contributed by atoms with van der Waals surface area (Å²) in [5, 5.41) is 9.71. The Morgan fingerprint density at radius 3 is 2.11 bits per heavy atom. The third-order valence-electron chi connectivity index (χ3n) is 5.08. The van der Waals surface area contributed by atoms with Crippen LogP contribution in [0.25, 0.3) is 0 Å². The van der Waals surface area contributed by atoms with Crippen molar-refractivity contribution in [2.45, 2.75) is 89.8 Å². The maximum Gasteiger partial charge on any atom is 0.0607 e. The maximum absolute atomic E-state index is 9.71. The summed E-state index contributed by atoms with van der Waals surface area (Å²) in [6.07, 6.45) is 14.7. The molecule has 0 aliphatic heterocycles. The van der Waals surface area contributed by atoms with Crippen LogP contribution in [0, 0.1) is 11.8 Å². The van der Waals surface area contributed by atoms with Crippen molar-refractivity contribution in [3.8, 4) is 0 Å². The molecule has 2 saturated carbocycles. The van der Waals surface area contributed by atoms with E-state index in [0.29, 0.717) is 17.9 Å². The molecule has 1 N–H and O–H groups in total. The SMILES string of the molecule is CCCCCCCCCCOC1CC2CC1CC2O. The summed E-state index contributed by atoms with van der Waals surface area (Å²) in [5.41, 5.74) is 0. The van der Waals surface area contributed by atoms with Gasteiger partial charge < -0.3 is 9.84 Å². The molecule has 2 aliphatic rings. The minimum atomic E-state index is -0.0204. The van der Waals surface area contributed by atoms with Crippen LogP contribution in [0.1, 0.15) is 77.6 Å². The van der Waals surface area contributed by atoms with Crippen molar-refractivity contribution in [3.63, 3.8) is 0 Å². The van der Waals surface area contributed by atoms with E-state index in [0.717, 1.165) is 19.4 Å². The molecule has 0 saturated heterocycles. The highest BCUT2D eigenvalue weighted by Gasteiger charge is 2.45. The lowest BCUT2D eigenvalue weighted by molar-refractivity contribution is -0.0126. The Bertz CT molecular complexity index is 239. The van der Waals surface area contributed by atoms with Gasteiger partial charge in [-0.3, -0.25) is 0 Å². The number of hydrogen-bond donors (Lipinski definition) is 1. The van der Waals surface area contributed by atoms with Gasteiger partial charge in [-0.05, 0) is 37.5 Å². The van der Waals surface area contributed by atoms with Crippen LogP contribution < -0.4 is 0 Å². The van der Waals surface area contributed by atoms with Crippen LogP contribution in [-0.2, 0) is 4.74 Å². The normalized spacial score (nSPS) is 33.2. The lowest BCUT2D eigenvalue weighted by Crippen LogP contribution is -2.27. The van der Waals surface area contributed by atoms with Crippen molar-refractivity contribution in [2.24, 2.45) is 11.8 Å². The number of aliphatic hydroxyl groups excluding tert-OH is 1. The van der Waals surface area contributed by atoms with Crippen molar-refractivity contribution in [2.75, 3.05) is 6.61 Å². The van der Waals surface area contributed by atoms with Crippen LogP contribution in [0.2, 0.25) is 0 Å². The minimum absolute atomic E-state index is 0.0204. The van der Waals surface area contributed by atoms with E-state index in [4.69, 9.17) is 4.74 Å². The molecule has 0 aromatic carbocycles. The highest BCUT2D eigenvalue weighted by molar-refractivity contribution is 4.96. The molecule has 2 aliphatic carbocycles. The monoisotopic (exact) mass is 268 g/mol. The standard InChI is InChI=1S/C17H32O2/c1-2-3-4-5-6-7-8-9-10-19-17-13-14-11-15(17)12-16(14)18/h14-18H,2-13H2,1H3. The second kappa shape index (κ2) is 8.26. The lowest BCUT2D eigenvalue weighted by atomic mass is 9.95. The Labute approximate surface area is 118 Å². The van der Waals surface area contributed by atoms with Gasteiger partial charge in [0.1, 0.15) is 0 Å². The smallest absolute Gasteiger partial charge is 0.0607 e. The molecule has 4 atom stereocenters. The average molecular weight is 268 g/mol. The number of aliphatic hydroxyl groups is 1. The molecule has 2 nitrogen and oxygen atoms in total. The van der Waals surface area contributed by atoms with Crippen molar-refractivity contribution in [3.05, 3.63) is 0 Å². The number of hydrogen-bond acceptors (Lipinski definition) is 2. The molecule has 112 valence electrons. The predicted molar refractivity (Wildman–Crippen MR) is 79.2 cm³/mol. The zero-order valence-corrected chi connectivity index (χ0v) is 12.7. The number of unbranched alkanes of at least 4 members (excludes halogenated alkanes) is 7. The fraction of sp³-hybridized carbons (Fsp3) is 1.00. The van der Waals surface area contributed by atoms with Crippen molar-refractivity contribution >= 4 is 0 Å². The molecule has 0 heterocycles. The van der Waals surface area contributed by atoms with E-state index < -0.39 is 0 Å². The first-order chi connectivity index (χ1) is 9.31. The summed E-state index contributed by atoms with van der Waals surface area (Å²) in [5.74, 6) is 1.21. The quantitative estimate of drug-likeness (QED) is 0.598. The second-order valence-electron chi connectivity index (χ2n) is 6.68. The molecule has 19 heavy (non-hydrogen) atoms. The van der Waals surface area contributed by atoms with E-state index in [9.17, 15) is 5.11 Å². The molecule has 0 spiro atoms. The summed E-state index contributed by atoms with van der Waals surface area (Å²) in [6.45, 7) is 3.21. The molecule has 2 bridgehead atoms. The first kappa shape index (κ1) is 15.3. The van der Waals surface area contributed by atoms with Gasteiger partial charge in [-0.25, -0.2) is 0 Å². The summed E-state index contributed by atoms with van der Waals surface area (Å²) in [7, 11) is 0. The second-order valence-corrected chi connectivity index (χ2v) is 6.68. The molecule has 2 fully saturated rings. The van der Waals surface area contributed by atoms with Crippen LogP contribution >= 0.6 is 0 Å². The molecule has 0 aromatic heterocycles. The zero-order valence-electron chi connectivity index (χ0n) is 12.7. The van der Waals surface area contributed by atoms with E-state index in [-0.39, 0.29) is 6.10 Å². The highest BCUT2D eigenvalue weighted by Crippen LogP contribution is 2.46. The van der Waals surface area contributed by atoms with Gasteiger partial charge in [0.25, 0.3) is 0 Å². The Morgan fingerprint density at radius 1 is 0.842 bits per heavy atom. The summed E-state index contributed by atoms with van der Waals surface area (Å²) in [4.78, 5) is 0. The lowest BCUT2D eigenvalue weighted by Gasteiger charge is -2.25. The molecule has 2 heteroatoms. The van der Waals surface area contributed by atoms with E-state index in [1.807, 2.05) is 0 Å². The molecular weight excluding hydrogens is 236 g/mol. The van der Waals surface area contributed by atoms with Crippen molar-refractivity contribution < 1.29 is 9.84 Å². The van der Waals surface area contributed by atoms with Crippen LogP contribution in [0.4, 0.5) is 0 Å². The Morgan fingerprint density at radius 2 is 1.53 bits per heavy atom. The Kier molecular flexibility index (Phi) is 6.66. The number of rotatable bonds is 10. The predicted octanol–water partition coefficient (Wildman–Crippen LogP) is 4.30. The first-order valence-corrected chi connectivity index (χ1v) is 8.61. The Balaban J connectivity index is 1.39. The van der Waals surface area contributed by atoms with Gasteiger partial charge in [-0.1, -0.05) is 51.9 Å². The van der Waals surface area contributed by atoms with E-state index in [1.54, 1.807) is 0 Å². The molecule has 0 aromatic rings. The Hall–Kier alpha value is -0.0800. The van der Waals surface area contributed by atoms with Gasteiger partial charge in [0.15, 0.2) is 0 Å². The van der Waals surface area contributed by atoms with Crippen LogP contribution in [0.5, 0.6) is 0 Å². The maximum atomic E-state index is 9.71. The molecule has 4 unspecified atom stereocenters. The largest absolute Gasteiger partial charge is 0.393 e. The summed E-state index contributed by atoms with van der Waals surface area (Å²) < 4.78 is 6.02. The van der Waals surface area contributed by atoms with Crippen LogP contribution in [0.3, 0.4) is 0 Å². The minimum Gasteiger partial charge on any atom is -0.393 e. The summed E-state index contributed by atoms with van der Waals surface area (Å²) >= 11 is 0. The van der Waals surface area contributed by atoms with Gasteiger partial charge in [0.05, 0.1) is 12.2 Å². The highest BCUT2D eigenvalue weighted by atomic mass is 16.5. The third-order valence-corrected chi connectivity index (χ3v) is 5.08. The van der Waals surface area contributed by atoms with Crippen molar-refractivity contribution in [1.29, 1.82) is 0 Å². The topological polar surface area (TPSA) is 29.5 Å². The molecule has 0 radical (unpaired) electrons. The van der Waals surface area contributed by atoms with Gasteiger partial charge in [-0.2, -0.15) is 0 Å². The zero-order chi connectivity index (χ0) is 13.5. The van der Waals surface area contributed by atoms with Gasteiger partial charge in [0, 0.05) is 6.61 Å². The fourth-order valence-corrected chi connectivity index (χ4v) is 3.87. The van der Waals surface area contributed by atoms with E-state index in [1.165, 1.54) is 57.8 Å². The molecule has 2 rings (SSSR count). The first-order valence-electron chi connectivity index (χ1n) is 8.61. The van der Waals surface area contributed by atoms with E-state index >= 15 is 0 Å².